The number of halogens is 1. The molecule has 3 aromatic heterocycles. The first-order valence-corrected chi connectivity index (χ1v) is 8.57. The zero-order valence-corrected chi connectivity index (χ0v) is 14.5. The molecule has 0 unspecified atom stereocenters. The van der Waals surface area contributed by atoms with Crippen LogP contribution < -0.4 is 5.73 Å². The molecule has 2 N–H and O–H groups in total. The van der Waals surface area contributed by atoms with Gasteiger partial charge in [0.1, 0.15) is 21.8 Å². The SMILES string of the molecule is CCOC(=O)c1cc2c(N)nc3c4cc(Br)ccc4oc3c2s1. The number of nitrogens with two attached hydrogens (primary N) is 1. The predicted octanol–water partition coefficient (Wildman–Crippen LogP) is 4.72. The maximum absolute atomic E-state index is 12.0. The third kappa shape index (κ3) is 2.19. The van der Waals surface area contributed by atoms with Crippen LogP contribution in [-0.4, -0.2) is 17.6 Å². The third-order valence-electron chi connectivity index (χ3n) is 3.55. The van der Waals surface area contributed by atoms with Crippen molar-refractivity contribution in [1.29, 1.82) is 0 Å². The second-order valence-electron chi connectivity index (χ2n) is 4.99. The largest absolute Gasteiger partial charge is 0.462 e. The molecule has 1 aromatic carbocycles. The number of ether oxygens (including phenoxy) is 1. The minimum absolute atomic E-state index is 0.328. The molecule has 0 saturated heterocycles. The summed E-state index contributed by atoms with van der Waals surface area (Å²) in [5.74, 6) is 0.0158. The molecule has 5 nitrogen and oxygen atoms in total. The molecule has 4 aromatic rings. The van der Waals surface area contributed by atoms with Crippen molar-refractivity contribution in [3.8, 4) is 0 Å². The van der Waals surface area contributed by atoms with Crippen molar-refractivity contribution in [2.24, 2.45) is 0 Å². The van der Waals surface area contributed by atoms with Gasteiger partial charge in [0.15, 0.2) is 5.58 Å². The van der Waals surface area contributed by atoms with Crippen molar-refractivity contribution in [1.82, 2.24) is 4.98 Å². The maximum atomic E-state index is 12.0. The van der Waals surface area contributed by atoms with Crippen molar-refractivity contribution in [2.75, 3.05) is 12.3 Å². The van der Waals surface area contributed by atoms with Crippen LogP contribution in [0.3, 0.4) is 0 Å². The number of anilines is 1. The minimum Gasteiger partial charge on any atom is -0.462 e. The fraction of sp³-hybridized carbons (Fsp3) is 0.125. The normalized spacial score (nSPS) is 11.6. The predicted molar refractivity (Wildman–Crippen MR) is 95.0 cm³/mol. The molecule has 0 fully saturated rings. The summed E-state index contributed by atoms with van der Waals surface area (Å²) in [5, 5.41) is 1.60. The van der Waals surface area contributed by atoms with E-state index >= 15 is 0 Å². The molecule has 0 aliphatic rings. The number of carbonyl (C=O) groups is 1. The molecule has 3 heterocycles. The number of nitrogens with zero attached hydrogens (tertiary/aromatic N) is 1. The summed E-state index contributed by atoms with van der Waals surface area (Å²) in [5.41, 5.74) is 8.16. The number of aromatic nitrogens is 1. The number of rotatable bonds is 2. The third-order valence-corrected chi connectivity index (χ3v) is 5.15. The number of furan rings is 1. The van der Waals surface area contributed by atoms with Crippen LogP contribution in [0.1, 0.15) is 16.6 Å². The molecule has 0 aliphatic heterocycles. The van der Waals surface area contributed by atoms with E-state index < -0.39 is 0 Å². The fourth-order valence-corrected chi connectivity index (χ4v) is 3.96. The van der Waals surface area contributed by atoms with Gasteiger partial charge in [-0.05, 0) is 31.2 Å². The molecule has 23 heavy (non-hydrogen) atoms. The van der Waals surface area contributed by atoms with Crippen LogP contribution in [0.25, 0.3) is 32.2 Å². The van der Waals surface area contributed by atoms with Gasteiger partial charge in [-0.3, -0.25) is 0 Å². The van der Waals surface area contributed by atoms with Crippen LogP contribution in [0.15, 0.2) is 33.2 Å². The van der Waals surface area contributed by atoms with Gasteiger partial charge in [-0.15, -0.1) is 11.3 Å². The van der Waals surface area contributed by atoms with Crippen LogP contribution in [-0.2, 0) is 4.74 Å². The number of carbonyl (C=O) groups excluding carboxylic acids is 1. The molecular weight excluding hydrogens is 380 g/mol. The van der Waals surface area contributed by atoms with E-state index in [9.17, 15) is 4.79 Å². The van der Waals surface area contributed by atoms with Crippen LogP contribution in [0, 0.1) is 0 Å². The highest BCUT2D eigenvalue weighted by Crippen LogP contribution is 2.39. The Morgan fingerprint density at radius 3 is 3.00 bits per heavy atom. The Morgan fingerprint density at radius 1 is 1.39 bits per heavy atom. The van der Waals surface area contributed by atoms with Crippen molar-refractivity contribution in [3.05, 3.63) is 33.6 Å². The van der Waals surface area contributed by atoms with E-state index in [-0.39, 0.29) is 5.97 Å². The van der Waals surface area contributed by atoms with Crippen LogP contribution in [0.4, 0.5) is 5.82 Å². The van der Waals surface area contributed by atoms with Gasteiger partial charge in [0.25, 0.3) is 0 Å². The first-order valence-electron chi connectivity index (χ1n) is 6.96. The zero-order chi connectivity index (χ0) is 16.1. The van der Waals surface area contributed by atoms with Gasteiger partial charge in [-0.25, -0.2) is 9.78 Å². The summed E-state index contributed by atoms with van der Waals surface area (Å²) in [4.78, 5) is 16.9. The van der Waals surface area contributed by atoms with Gasteiger partial charge in [-0.2, -0.15) is 0 Å². The molecule has 116 valence electrons. The van der Waals surface area contributed by atoms with Crippen molar-refractivity contribution in [3.63, 3.8) is 0 Å². The summed E-state index contributed by atoms with van der Waals surface area (Å²) >= 11 is 4.76. The Bertz CT molecular complexity index is 1080. The van der Waals surface area contributed by atoms with Gasteiger partial charge in [-0.1, -0.05) is 15.9 Å². The second-order valence-corrected chi connectivity index (χ2v) is 6.96. The average molecular weight is 391 g/mol. The smallest absolute Gasteiger partial charge is 0.348 e. The second kappa shape index (κ2) is 5.21. The molecule has 0 saturated carbocycles. The Balaban J connectivity index is 2.07. The number of pyridine rings is 1. The van der Waals surface area contributed by atoms with Crippen LogP contribution in [0.2, 0.25) is 0 Å². The van der Waals surface area contributed by atoms with Gasteiger partial charge in [0.2, 0.25) is 0 Å². The van der Waals surface area contributed by atoms with E-state index in [0.29, 0.717) is 33.8 Å². The summed E-state index contributed by atoms with van der Waals surface area (Å²) in [7, 11) is 0. The number of benzene rings is 1. The first-order chi connectivity index (χ1) is 11.1. The molecule has 0 spiro atoms. The lowest BCUT2D eigenvalue weighted by Crippen LogP contribution is -2.01. The highest BCUT2D eigenvalue weighted by molar-refractivity contribution is 9.10. The molecule has 4 rings (SSSR count). The van der Waals surface area contributed by atoms with Gasteiger partial charge in [0.05, 0.1) is 11.3 Å². The summed E-state index contributed by atoms with van der Waals surface area (Å²) in [6.07, 6.45) is 0. The zero-order valence-electron chi connectivity index (χ0n) is 12.1. The number of thiophene rings is 1. The average Bonchev–Trinajstić information content (AvgIpc) is 3.10. The monoisotopic (exact) mass is 390 g/mol. The molecule has 0 radical (unpaired) electrons. The van der Waals surface area contributed by atoms with E-state index in [1.807, 2.05) is 18.2 Å². The van der Waals surface area contributed by atoms with Gasteiger partial charge < -0.3 is 14.9 Å². The fourth-order valence-electron chi connectivity index (χ4n) is 2.56. The van der Waals surface area contributed by atoms with E-state index in [4.69, 9.17) is 14.9 Å². The lowest BCUT2D eigenvalue weighted by molar-refractivity contribution is 0.0532. The quantitative estimate of drug-likeness (QED) is 0.501. The van der Waals surface area contributed by atoms with Gasteiger partial charge in [0, 0.05) is 15.2 Å². The molecular formula is C16H11BrN2O3S. The highest BCUT2D eigenvalue weighted by Gasteiger charge is 2.19. The molecule has 0 amide bonds. The van der Waals surface area contributed by atoms with E-state index in [1.165, 1.54) is 11.3 Å². The van der Waals surface area contributed by atoms with Crippen molar-refractivity contribution >= 4 is 71.2 Å². The van der Waals surface area contributed by atoms with Crippen molar-refractivity contribution in [2.45, 2.75) is 6.92 Å². The van der Waals surface area contributed by atoms with Crippen LogP contribution in [0.5, 0.6) is 0 Å². The first kappa shape index (κ1) is 14.5. The highest BCUT2D eigenvalue weighted by atomic mass is 79.9. The Hall–Kier alpha value is -2.12. The van der Waals surface area contributed by atoms with Crippen LogP contribution >= 0.6 is 27.3 Å². The van der Waals surface area contributed by atoms with E-state index in [0.717, 1.165) is 20.1 Å². The minimum atomic E-state index is -0.361. The summed E-state index contributed by atoms with van der Waals surface area (Å²) in [6, 6.07) is 7.44. The Labute approximate surface area is 143 Å². The lowest BCUT2D eigenvalue weighted by Gasteiger charge is -1.96. The topological polar surface area (TPSA) is 78.4 Å². The summed E-state index contributed by atoms with van der Waals surface area (Å²) in [6.45, 7) is 2.10. The molecule has 0 bridgehead atoms. The summed E-state index contributed by atoms with van der Waals surface area (Å²) < 4.78 is 12.8. The number of hydrogen-bond acceptors (Lipinski definition) is 6. The number of fused-ring (bicyclic) bond motifs is 5. The van der Waals surface area contributed by atoms with Gasteiger partial charge >= 0.3 is 5.97 Å². The molecule has 0 atom stereocenters. The number of nitrogen functional groups attached to an aromatic ring is 1. The standard InChI is InChI=1S/C16H11BrN2O3S/c1-2-21-16(20)11-6-9-14(23-11)13-12(19-15(9)18)8-5-7(17)3-4-10(8)22-13/h3-6H,2H2,1H3,(H2,18,19). The molecule has 7 heteroatoms. The number of esters is 1. The maximum Gasteiger partial charge on any atom is 0.348 e. The van der Waals surface area contributed by atoms with E-state index in [1.54, 1.807) is 13.0 Å². The van der Waals surface area contributed by atoms with E-state index in [2.05, 4.69) is 20.9 Å². The Morgan fingerprint density at radius 2 is 2.22 bits per heavy atom. The molecule has 0 aliphatic carbocycles. The lowest BCUT2D eigenvalue weighted by atomic mass is 10.2. The van der Waals surface area contributed by atoms with Crippen molar-refractivity contribution < 1.29 is 13.9 Å². The Kier molecular flexibility index (Phi) is 3.28. The number of hydrogen-bond donors (Lipinski definition) is 1.